The van der Waals surface area contributed by atoms with Crippen molar-refractivity contribution in [3.05, 3.63) is 70.5 Å². The number of aryl methyl sites for hydroxylation is 1. The van der Waals surface area contributed by atoms with Crippen LogP contribution in [-0.4, -0.2) is 7.05 Å². The van der Waals surface area contributed by atoms with E-state index >= 15 is 0 Å². The Morgan fingerprint density at radius 2 is 1.60 bits per heavy atom. The van der Waals surface area contributed by atoms with E-state index in [1.807, 2.05) is 0 Å². The van der Waals surface area contributed by atoms with E-state index in [4.69, 9.17) is 0 Å². The first kappa shape index (κ1) is 14.6. The molecule has 1 unspecified atom stereocenters. The van der Waals surface area contributed by atoms with E-state index in [0.717, 1.165) is 5.56 Å². The van der Waals surface area contributed by atoms with Crippen molar-refractivity contribution in [1.29, 1.82) is 0 Å². The number of hydrogen-bond donors (Lipinski definition) is 1. The zero-order valence-corrected chi connectivity index (χ0v) is 11.4. The first-order valence-electron chi connectivity index (χ1n) is 6.39. The van der Waals surface area contributed by atoms with E-state index in [1.165, 1.54) is 19.1 Å². The first-order chi connectivity index (χ1) is 9.52. The Labute approximate surface area is 116 Å². The SMILES string of the molecule is CNC(Cc1ccc(F)cc1)c1ccc(C)c(F)c1F. The molecule has 0 spiro atoms. The monoisotopic (exact) mass is 279 g/mol. The lowest BCUT2D eigenvalue weighted by molar-refractivity contribution is 0.469. The maximum atomic E-state index is 14.0. The lowest BCUT2D eigenvalue weighted by Crippen LogP contribution is -2.20. The van der Waals surface area contributed by atoms with Gasteiger partial charge >= 0.3 is 0 Å². The molecule has 2 rings (SSSR count). The van der Waals surface area contributed by atoms with Gasteiger partial charge in [-0.1, -0.05) is 24.3 Å². The maximum absolute atomic E-state index is 14.0. The smallest absolute Gasteiger partial charge is 0.163 e. The molecule has 0 radical (unpaired) electrons. The molecule has 2 aromatic carbocycles. The molecule has 0 bridgehead atoms. The van der Waals surface area contributed by atoms with Crippen molar-refractivity contribution in [3.63, 3.8) is 0 Å². The Morgan fingerprint density at radius 3 is 2.20 bits per heavy atom. The van der Waals surface area contributed by atoms with Gasteiger partial charge < -0.3 is 5.32 Å². The third-order valence-corrected chi connectivity index (χ3v) is 3.38. The van der Waals surface area contributed by atoms with Gasteiger partial charge in [0.2, 0.25) is 0 Å². The minimum Gasteiger partial charge on any atom is -0.313 e. The second-order valence-electron chi connectivity index (χ2n) is 4.77. The van der Waals surface area contributed by atoms with Gasteiger partial charge in [-0.25, -0.2) is 13.2 Å². The van der Waals surface area contributed by atoms with Crippen LogP contribution in [0.1, 0.15) is 22.7 Å². The van der Waals surface area contributed by atoms with Crippen LogP contribution in [0.4, 0.5) is 13.2 Å². The number of benzene rings is 2. The standard InChI is InChI=1S/C16H16F3N/c1-10-3-8-13(16(19)15(10)18)14(20-2)9-11-4-6-12(17)7-5-11/h3-8,14,20H,9H2,1-2H3. The fourth-order valence-electron chi connectivity index (χ4n) is 2.15. The third-order valence-electron chi connectivity index (χ3n) is 3.38. The number of halogens is 3. The third kappa shape index (κ3) is 3.02. The van der Waals surface area contributed by atoms with Gasteiger partial charge in [0.05, 0.1) is 0 Å². The number of hydrogen-bond acceptors (Lipinski definition) is 1. The summed E-state index contributed by atoms with van der Waals surface area (Å²) >= 11 is 0. The Morgan fingerprint density at radius 1 is 0.950 bits per heavy atom. The van der Waals surface area contributed by atoms with E-state index in [0.29, 0.717) is 6.42 Å². The van der Waals surface area contributed by atoms with E-state index in [2.05, 4.69) is 5.32 Å². The highest BCUT2D eigenvalue weighted by molar-refractivity contribution is 5.29. The summed E-state index contributed by atoms with van der Waals surface area (Å²) in [6, 6.07) is 8.77. The van der Waals surface area contributed by atoms with E-state index in [-0.39, 0.29) is 23.0 Å². The van der Waals surface area contributed by atoms with E-state index in [1.54, 1.807) is 31.3 Å². The predicted molar refractivity (Wildman–Crippen MR) is 73.0 cm³/mol. The molecule has 0 amide bonds. The molecule has 1 atom stereocenters. The fraction of sp³-hybridized carbons (Fsp3) is 0.250. The predicted octanol–water partition coefficient (Wildman–Crippen LogP) is 3.92. The van der Waals surface area contributed by atoms with Crippen LogP contribution in [-0.2, 0) is 6.42 Å². The van der Waals surface area contributed by atoms with Gasteiger partial charge in [-0.05, 0) is 43.7 Å². The van der Waals surface area contributed by atoms with Crippen LogP contribution in [0, 0.1) is 24.4 Å². The average molecular weight is 279 g/mol. The molecule has 0 aliphatic rings. The Balaban J connectivity index is 2.29. The van der Waals surface area contributed by atoms with Gasteiger partial charge in [0, 0.05) is 11.6 Å². The molecule has 0 fully saturated rings. The molecule has 0 saturated carbocycles. The van der Waals surface area contributed by atoms with Gasteiger partial charge in [-0.2, -0.15) is 0 Å². The van der Waals surface area contributed by atoms with Gasteiger partial charge in [0.15, 0.2) is 11.6 Å². The van der Waals surface area contributed by atoms with Crippen LogP contribution >= 0.6 is 0 Å². The quantitative estimate of drug-likeness (QED) is 0.894. The highest BCUT2D eigenvalue weighted by Gasteiger charge is 2.18. The Bertz CT molecular complexity index is 593. The number of rotatable bonds is 4. The lowest BCUT2D eigenvalue weighted by atomic mass is 9.97. The molecule has 4 heteroatoms. The molecular formula is C16H16F3N. The summed E-state index contributed by atoms with van der Waals surface area (Å²) in [6.45, 7) is 1.52. The summed E-state index contributed by atoms with van der Waals surface area (Å²) in [6.07, 6.45) is 0.455. The first-order valence-corrected chi connectivity index (χ1v) is 6.39. The highest BCUT2D eigenvalue weighted by Crippen LogP contribution is 2.24. The van der Waals surface area contributed by atoms with Crippen LogP contribution in [0.2, 0.25) is 0 Å². The summed E-state index contributed by atoms with van der Waals surface area (Å²) < 4.78 is 40.5. The van der Waals surface area contributed by atoms with Gasteiger partial charge in [0.25, 0.3) is 0 Å². The molecule has 0 aromatic heterocycles. The molecule has 0 heterocycles. The lowest BCUT2D eigenvalue weighted by Gasteiger charge is -2.18. The molecule has 0 aliphatic heterocycles. The Kier molecular flexibility index (Phi) is 4.45. The van der Waals surface area contributed by atoms with Crippen molar-refractivity contribution in [3.8, 4) is 0 Å². The van der Waals surface area contributed by atoms with Crippen LogP contribution in [0.3, 0.4) is 0 Å². The topological polar surface area (TPSA) is 12.0 Å². The normalized spacial score (nSPS) is 12.4. The largest absolute Gasteiger partial charge is 0.313 e. The maximum Gasteiger partial charge on any atom is 0.163 e. The van der Waals surface area contributed by atoms with Gasteiger partial charge in [0.1, 0.15) is 5.82 Å². The molecule has 1 N–H and O–H groups in total. The molecule has 2 aromatic rings. The molecule has 0 saturated heterocycles. The second kappa shape index (κ2) is 6.09. The zero-order chi connectivity index (χ0) is 14.7. The van der Waals surface area contributed by atoms with Crippen molar-refractivity contribution in [2.45, 2.75) is 19.4 Å². The summed E-state index contributed by atoms with van der Waals surface area (Å²) in [5, 5.41) is 2.97. The fourth-order valence-corrected chi connectivity index (χ4v) is 2.15. The average Bonchev–Trinajstić information content (AvgIpc) is 2.45. The van der Waals surface area contributed by atoms with Crippen molar-refractivity contribution < 1.29 is 13.2 Å². The summed E-state index contributed by atoms with van der Waals surface area (Å²) in [4.78, 5) is 0. The minimum absolute atomic E-state index is 0.278. The molecule has 106 valence electrons. The van der Waals surface area contributed by atoms with Crippen LogP contribution in [0.15, 0.2) is 36.4 Å². The van der Waals surface area contributed by atoms with Crippen LogP contribution < -0.4 is 5.32 Å². The molecule has 1 nitrogen and oxygen atoms in total. The van der Waals surface area contributed by atoms with Crippen LogP contribution in [0.5, 0.6) is 0 Å². The van der Waals surface area contributed by atoms with Gasteiger partial charge in [-0.15, -0.1) is 0 Å². The minimum atomic E-state index is -0.827. The molecule has 20 heavy (non-hydrogen) atoms. The van der Waals surface area contributed by atoms with Crippen molar-refractivity contribution >= 4 is 0 Å². The molecule has 0 aliphatic carbocycles. The van der Waals surface area contributed by atoms with E-state index < -0.39 is 11.6 Å². The summed E-state index contributed by atoms with van der Waals surface area (Å²) in [5.74, 6) is -1.96. The summed E-state index contributed by atoms with van der Waals surface area (Å²) in [7, 11) is 1.69. The summed E-state index contributed by atoms with van der Waals surface area (Å²) in [5.41, 5.74) is 1.41. The second-order valence-corrected chi connectivity index (χ2v) is 4.77. The molecular weight excluding hydrogens is 263 g/mol. The van der Waals surface area contributed by atoms with Crippen molar-refractivity contribution in [2.75, 3.05) is 7.05 Å². The van der Waals surface area contributed by atoms with Crippen LogP contribution in [0.25, 0.3) is 0 Å². The zero-order valence-electron chi connectivity index (χ0n) is 11.4. The Hall–Kier alpha value is -1.81. The van der Waals surface area contributed by atoms with Gasteiger partial charge in [-0.3, -0.25) is 0 Å². The van der Waals surface area contributed by atoms with Crippen molar-refractivity contribution in [2.24, 2.45) is 0 Å². The van der Waals surface area contributed by atoms with Crippen molar-refractivity contribution in [1.82, 2.24) is 5.32 Å². The van der Waals surface area contributed by atoms with E-state index in [9.17, 15) is 13.2 Å². The number of nitrogens with one attached hydrogen (secondary N) is 1. The highest BCUT2D eigenvalue weighted by atomic mass is 19.2. The number of likely N-dealkylation sites (N-methyl/N-ethyl adjacent to an activating group) is 1.